The Morgan fingerprint density at radius 1 is 0.741 bits per heavy atom. The number of carbonyl (C=O) groups is 3. The van der Waals surface area contributed by atoms with Gasteiger partial charge in [0.05, 0.1) is 22.4 Å². The summed E-state index contributed by atoms with van der Waals surface area (Å²) in [5.74, 6) is -1.18. The molecular formula is C22H16N2O3. The maximum Gasteiger partial charge on any atom is 0.266 e. The van der Waals surface area contributed by atoms with Gasteiger partial charge in [-0.2, -0.15) is 0 Å². The lowest BCUT2D eigenvalue weighted by Gasteiger charge is -2.18. The van der Waals surface area contributed by atoms with Crippen LogP contribution in [0.5, 0.6) is 0 Å². The molecule has 0 unspecified atom stereocenters. The second kappa shape index (κ2) is 6.88. The van der Waals surface area contributed by atoms with Crippen molar-refractivity contribution >= 4 is 23.4 Å². The van der Waals surface area contributed by atoms with Gasteiger partial charge in [0.25, 0.3) is 17.7 Å². The van der Waals surface area contributed by atoms with E-state index in [0.717, 1.165) is 10.5 Å². The SMILES string of the molecule is O=C(NCc1ccccc1)c1ccccc1N1C(=O)c2ccccc2C1=O. The zero-order chi connectivity index (χ0) is 18.8. The summed E-state index contributed by atoms with van der Waals surface area (Å²) >= 11 is 0. The Kier molecular flexibility index (Phi) is 4.26. The predicted octanol–water partition coefficient (Wildman–Crippen LogP) is 3.42. The molecule has 0 atom stereocenters. The average Bonchev–Trinajstić information content (AvgIpc) is 2.97. The van der Waals surface area contributed by atoms with Gasteiger partial charge < -0.3 is 5.32 Å². The van der Waals surface area contributed by atoms with Crippen LogP contribution in [0.15, 0.2) is 78.9 Å². The van der Waals surface area contributed by atoms with E-state index < -0.39 is 11.8 Å². The Morgan fingerprint density at radius 2 is 1.30 bits per heavy atom. The number of nitrogens with zero attached hydrogens (tertiary/aromatic N) is 1. The van der Waals surface area contributed by atoms with Crippen molar-refractivity contribution in [2.75, 3.05) is 4.90 Å². The van der Waals surface area contributed by atoms with Crippen LogP contribution in [0.2, 0.25) is 0 Å². The molecule has 3 amide bonds. The molecule has 0 saturated heterocycles. The van der Waals surface area contributed by atoms with Gasteiger partial charge in [-0.25, -0.2) is 4.90 Å². The Labute approximate surface area is 156 Å². The van der Waals surface area contributed by atoms with Crippen molar-refractivity contribution in [2.24, 2.45) is 0 Å². The van der Waals surface area contributed by atoms with Crippen molar-refractivity contribution in [1.82, 2.24) is 5.32 Å². The van der Waals surface area contributed by atoms with Crippen molar-refractivity contribution in [3.8, 4) is 0 Å². The zero-order valence-electron chi connectivity index (χ0n) is 14.4. The lowest BCUT2D eigenvalue weighted by Crippen LogP contribution is -2.32. The van der Waals surface area contributed by atoms with Crippen molar-refractivity contribution in [2.45, 2.75) is 6.54 Å². The molecule has 132 valence electrons. The number of para-hydroxylation sites is 1. The Balaban J connectivity index is 1.63. The fourth-order valence-electron chi connectivity index (χ4n) is 3.14. The van der Waals surface area contributed by atoms with Gasteiger partial charge in [0.15, 0.2) is 0 Å². The number of nitrogens with one attached hydrogen (secondary N) is 1. The second-order valence-electron chi connectivity index (χ2n) is 6.18. The van der Waals surface area contributed by atoms with Gasteiger partial charge in [-0.1, -0.05) is 54.6 Å². The summed E-state index contributed by atoms with van der Waals surface area (Å²) in [5.41, 5.74) is 2.23. The van der Waals surface area contributed by atoms with Crippen LogP contribution >= 0.6 is 0 Å². The maximum absolute atomic E-state index is 12.7. The van der Waals surface area contributed by atoms with Gasteiger partial charge in [-0.3, -0.25) is 14.4 Å². The van der Waals surface area contributed by atoms with Crippen LogP contribution in [0.4, 0.5) is 5.69 Å². The third kappa shape index (κ3) is 3.00. The first kappa shape index (κ1) is 16.7. The van der Waals surface area contributed by atoms with Crippen molar-refractivity contribution in [1.29, 1.82) is 0 Å². The lowest BCUT2D eigenvalue weighted by molar-refractivity contribution is 0.0926. The number of fused-ring (bicyclic) bond motifs is 1. The molecule has 0 aromatic heterocycles. The molecule has 0 radical (unpaired) electrons. The molecule has 27 heavy (non-hydrogen) atoms. The molecule has 1 aliphatic rings. The van der Waals surface area contributed by atoms with E-state index in [1.54, 1.807) is 48.5 Å². The maximum atomic E-state index is 12.7. The molecule has 3 aromatic rings. The molecular weight excluding hydrogens is 340 g/mol. The molecule has 3 aromatic carbocycles. The Hall–Kier alpha value is -3.73. The monoisotopic (exact) mass is 356 g/mol. The van der Waals surface area contributed by atoms with Crippen LogP contribution in [0.3, 0.4) is 0 Å². The predicted molar refractivity (Wildman–Crippen MR) is 102 cm³/mol. The topological polar surface area (TPSA) is 66.5 Å². The molecule has 0 saturated carbocycles. The van der Waals surface area contributed by atoms with Gasteiger partial charge in [0, 0.05) is 6.54 Å². The highest BCUT2D eigenvalue weighted by atomic mass is 16.2. The summed E-state index contributed by atoms with van der Waals surface area (Å²) in [7, 11) is 0. The van der Waals surface area contributed by atoms with E-state index in [1.165, 1.54) is 0 Å². The Morgan fingerprint density at radius 3 is 1.96 bits per heavy atom. The molecule has 1 heterocycles. The third-order valence-electron chi connectivity index (χ3n) is 4.48. The number of hydrogen-bond acceptors (Lipinski definition) is 3. The van der Waals surface area contributed by atoms with Gasteiger partial charge in [0.1, 0.15) is 0 Å². The number of imide groups is 1. The van der Waals surface area contributed by atoms with Crippen molar-refractivity contribution in [3.63, 3.8) is 0 Å². The largest absolute Gasteiger partial charge is 0.348 e. The average molecular weight is 356 g/mol. The summed E-state index contributed by atoms with van der Waals surface area (Å²) in [4.78, 5) is 39.3. The quantitative estimate of drug-likeness (QED) is 0.729. The summed E-state index contributed by atoms with van der Waals surface area (Å²) in [6, 6.07) is 22.8. The summed E-state index contributed by atoms with van der Waals surface area (Å²) < 4.78 is 0. The van der Waals surface area contributed by atoms with E-state index in [1.807, 2.05) is 30.3 Å². The van der Waals surface area contributed by atoms with E-state index in [-0.39, 0.29) is 17.2 Å². The molecule has 5 nitrogen and oxygen atoms in total. The fourth-order valence-corrected chi connectivity index (χ4v) is 3.14. The smallest absolute Gasteiger partial charge is 0.266 e. The molecule has 4 rings (SSSR count). The highest BCUT2D eigenvalue weighted by Gasteiger charge is 2.37. The van der Waals surface area contributed by atoms with E-state index in [0.29, 0.717) is 17.7 Å². The first-order chi connectivity index (χ1) is 13.2. The standard InChI is InChI=1S/C22H16N2O3/c25-20(23-14-15-8-2-1-3-9-15)18-12-6-7-13-19(18)24-21(26)16-10-4-5-11-17(16)22(24)27/h1-13H,14H2,(H,23,25). The summed E-state index contributed by atoms with van der Waals surface area (Å²) in [6.07, 6.45) is 0. The van der Waals surface area contributed by atoms with Crippen LogP contribution in [0, 0.1) is 0 Å². The normalized spacial score (nSPS) is 12.8. The number of anilines is 1. The molecule has 1 aliphatic heterocycles. The van der Waals surface area contributed by atoms with Crippen LogP contribution < -0.4 is 10.2 Å². The number of carbonyl (C=O) groups excluding carboxylic acids is 3. The lowest BCUT2D eigenvalue weighted by atomic mass is 10.1. The van der Waals surface area contributed by atoms with Gasteiger partial charge in [-0.15, -0.1) is 0 Å². The van der Waals surface area contributed by atoms with Gasteiger partial charge in [-0.05, 0) is 29.8 Å². The van der Waals surface area contributed by atoms with E-state index in [4.69, 9.17) is 0 Å². The number of amides is 3. The zero-order valence-corrected chi connectivity index (χ0v) is 14.4. The summed E-state index contributed by atoms with van der Waals surface area (Å²) in [6.45, 7) is 0.357. The Bertz CT molecular complexity index is 1010. The number of benzene rings is 3. The molecule has 1 N–H and O–H groups in total. The van der Waals surface area contributed by atoms with Crippen molar-refractivity contribution < 1.29 is 14.4 Å². The minimum absolute atomic E-state index is 0.280. The van der Waals surface area contributed by atoms with E-state index in [2.05, 4.69) is 5.32 Å². The van der Waals surface area contributed by atoms with Crippen LogP contribution in [-0.2, 0) is 6.54 Å². The minimum Gasteiger partial charge on any atom is -0.348 e. The van der Waals surface area contributed by atoms with Gasteiger partial charge in [0.2, 0.25) is 0 Å². The van der Waals surface area contributed by atoms with Crippen LogP contribution in [0.25, 0.3) is 0 Å². The van der Waals surface area contributed by atoms with Crippen molar-refractivity contribution in [3.05, 3.63) is 101 Å². The van der Waals surface area contributed by atoms with Crippen LogP contribution in [0.1, 0.15) is 36.6 Å². The first-order valence-corrected chi connectivity index (χ1v) is 8.56. The van der Waals surface area contributed by atoms with Gasteiger partial charge >= 0.3 is 0 Å². The third-order valence-corrected chi connectivity index (χ3v) is 4.48. The molecule has 0 fully saturated rings. The number of hydrogen-bond donors (Lipinski definition) is 1. The molecule has 0 aliphatic carbocycles. The van der Waals surface area contributed by atoms with E-state index in [9.17, 15) is 14.4 Å². The molecule has 0 bridgehead atoms. The first-order valence-electron chi connectivity index (χ1n) is 8.56. The van der Waals surface area contributed by atoms with Crippen LogP contribution in [-0.4, -0.2) is 17.7 Å². The fraction of sp³-hybridized carbons (Fsp3) is 0.0455. The minimum atomic E-state index is -0.418. The summed E-state index contributed by atoms with van der Waals surface area (Å²) in [5, 5.41) is 2.84. The second-order valence-corrected chi connectivity index (χ2v) is 6.18. The highest BCUT2D eigenvalue weighted by molar-refractivity contribution is 6.35. The molecule has 5 heteroatoms. The van der Waals surface area contributed by atoms with E-state index >= 15 is 0 Å². The molecule has 0 spiro atoms. The highest BCUT2D eigenvalue weighted by Crippen LogP contribution is 2.30. The number of rotatable bonds is 4.